The lowest BCUT2D eigenvalue weighted by Gasteiger charge is -2.19. The topological polar surface area (TPSA) is 118 Å². The average molecular weight is 603 g/mol. The van der Waals surface area contributed by atoms with Gasteiger partial charge in [-0.15, -0.1) is 0 Å². The van der Waals surface area contributed by atoms with Gasteiger partial charge >= 0.3 is 7.82 Å². The number of ether oxygens (including phenoxy) is 1. The molecule has 1 atom stereocenters. The van der Waals surface area contributed by atoms with Gasteiger partial charge in [0.25, 0.3) is 0 Å². The second-order valence-electron chi connectivity index (χ2n) is 10.8. The second kappa shape index (κ2) is 22.1. The molecule has 2 aromatic rings. The highest BCUT2D eigenvalue weighted by Gasteiger charge is 2.20. The molecule has 0 fully saturated rings. The zero-order valence-electron chi connectivity index (χ0n) is 25.3. The number of carbonyl (C=O) groups is 1. The van der Waals surface area contributed by atoms with Gasteiger partial charge in [0.2, 0.25) is 5.91 Å². The molecule has 1 unspecified atom stereocenters. The van der Waals surface area contributed by atoms with E-state index in [1.165, 1.54) is 51.4 Å². The van der Waals surface area contributed by atoms with Crippen molar-refractivity contribution in [1.82, 2.24) is 10.3 Å². The first-order valence-corrected chi connectivity index (χ1v) is 17.1. The van der Waals surface area contributed by atoms with Crippen LogP contribution < -0.4 is 10.1 Å². The molecule has 234 valence electrons. The maximum absolute atomic E-state index is 12.6. The maximum atomic E-state index is 12.6. The molecule has 0 saturated heterocycles. The fraction of sp³-hybridized carbons (Fsp3) is 0.576. The number of phosphoric acid groups is 1. The maximum Gasteiger partial charge on any atom is 0.469 e. The van der Waals surface area contributed by atoms with Gasteiger partial charge in [-0.2, -0.15) is 0 Å². The number of unbranched alkanes of at least 4 members (excludes halogenated alkanes) is 11. The second-order valence-corrected chi connectivity index (χ2v) is 12.1. The van der Waals surface area contributed by atoms with Crippen molar-refractivity contribution in [1.29, 1.82) is 0 Å². The van der Waals surface area contributed by atoms with E-state index >= 15 is 0 Å². The van der Waals surface area contributed by atoms with Gasteiger partial charge in [-0.1, -0.05) is 88.6 Å². The number of rotatable bonds is 24. The first kappa shape index (κ1) is 35.7. The summed E-state index contributed by atoms with van der Waals surface area (Å²) in [6, 6.07) is 12.5. The SMILES string of the molecule is CCCCCCCCC=CCCCCCCCC(=O)NC(COP(=O)(O)O)Cc1ccc(OCc2ccccn2)cc1. The van der Waals surface area contributed by atoms with E-state index in [4.69, 9.17) is 19.0 Å². The van der Waals surface area contributed by atoms with Crippen molar-refractivity contribution in [3.8, 4) is 5.75 Å². The van der Waals surface area contributed by atoms with Crippen LogP contribution >= 0.6 is 7.82 Å². The molecule has 1 heterocycles. The van der Waals surface area contributed by atoms with Gasteiger partial charge in [0, 0.05) is 12.6 Å². The number of allylic oxidation sites excluding steroid dienone is 2. The summed E-state index contributed by atoms with van der Waals surface area (Å²) in [6.07, 6.45) is 22.6. The summed E-state index contributed by atoms with van der Waals surface area (Å²) in [4.78, 5) is 35.1. The van der Waals surface area contributed by atoms with Crippen molar-refractivity contribution < 1.29 is 28.4 Å². The molecule has 2 rings (SSSR count). The van der Waals surface area contributed by atoms with Gasteiger partial charge in [-0.05, 0) is 68.4 Å². The van der Waals surface area contributed by atoms with Gasteiger partial charge in [0.15, 0.2) is 0 Å². The number of amides is 1. The largest absolute Gasteiger partial charge is 0.487 e. The van der Waals surface area contributed by atoms with Crippen LogP contribution in [0.1, 0.15) is 108 Å². The molecule has 0 spiro atoms. The van der Waals surface area contributed by atoms with Gasteiger partial charge in [0.05, 0.1) is 18.3 Å². The first-order chi connectivity index (χ1) is 20.4. The lowest BCUT2D eigenvalue weighted by Crippen LogP contribution is -2.39. The molecule has 1 amide bonds. The summed E-state index contributed by atoms with van der Waals surface area (Å²) in [5.74, 6) is 0.544. The summed E-state index contributed by atoms with van der Waals surface area (Å²) in [5.41, 5.74) is 1.71. The van der Waals surface area contributed by atoms with Crippen LogP contribution in [-0.2, 0) is 26.9 Å². The molecule has 1 aromatic heterocycles. The van der Waals surface area contributed by atoms with Gasteiger partial charge in [0.1, 0.15) is 12.4 Å². The zero-order chi connectivity index (χ0) is 30.3. The van der Waals surface area contributed by atoms with Crippen molar-refractivity contribution in [2.45, 2.75) is 116 Å². The van der Waals surface area contributed by atoms with Crippen molar-refractivity contribution >= 4 is 13.7 Å². The van der Waals surface area contributed by atoms with E-state index < -0.39 is 13.9 Å². The lowest BCUT2D eigenvalue weighted by atomic mass is 10.1. The number of nitrogens with zero attached hydrogens (tertiary/aromatic N) is 1. The average Bonchev–Trinajstić information content (AvgIpc) is 2.97. The standard InChI is InChI=1S/C33H51N2O6P/c1-2-3-4-5-6-7-8-9-10-11-12-13-14-15-16-20-33(36)35-31(28-41-42(37,38)39)26-29-21-23-32(24-22-29)40-27-30-19-17-18-25-34-30/h9-10,17-19,21-25,31H,2-8,11-16,20,26-28H2,1H3,(H,35,36)(H2,37,38,39). The van der Waals surface area contributed by atoms with Crippen molar-refractivity contribution in [3.63, 3.8) is 0 Å². The van der Waals surface area contributed by atoms with Gasteiger partial charge < -0.3 is 19.8 Å². The van der Waals surface area contributed by atoms with Crippen molar-refractivity contribution in [2.24, 2.45) is 0 Å². The first-order valence-electron chi connectivity index (χ1n) is 15.6. The quantitative estimate of drug-likeness (QED) is 0.0636. The number of carbonyl (C=O) groups excluding carboxylic acids is 1. The molecule has 0 aliphatic heterocycles. The van der Waals surface area contributed by atoms with E-state index in [9.17, 15) is 9.36 Å². The molecule has 3 N–H and O–H groups in total. The Morgan fingerprint density at radius 3 is 2.17 bits per heavy atom. The Kier molecular flexibility index (Phi) is 18.8. The number of nitrogens with one attached hydrogen (secondary N) is 1. The molecule has 0 aliphatic rings. The van der Waals surface area contributed by atoms with Crippen LogP contribution in [0.25, 0.3) is 0 Å². The number of aromatic nitrogens is 1. The summed E-state index contributed by atoms with van der Waals surface area (Å²) < 4.78 is 21.8. The molecule has 0 bridgehead atoms. The number of phosphoric ester groups is 1. The minimum atomic E-state index is -4.65. The van der Waals surface area contributed by atoms with Crippen LogP contribution in [0.3, 0.4) is 0 Å². The molecule has 0 aliphatic carbocycles. The zero-order valence-corrected chi connectivity index (χ0v) is 26.2. The monoisotopic (exact) mass is 602 g/mol. The van der Waals surface area contributed by atoms with Crippen molar-refractivity contribution in [3.05, 3.63) is 72.1 Å². The Bertz CT molecular complexity index is 1040. The predicted molar refractivity (Wildman–Crippen MR) is 168 cm³/mol. The molecule has 9 heteroatoms. The minimum absolute atomic E-state index is 0.137. The Balaban J connectivity index is 1.63. The van der Waals surface area contributed by atoms with Crippen LogP contribution in [0.4, 0.5) is 0 Å². The number of hydrogen-bond donors (Lipinski definition) is 3. The Hall–Kier alpha value is -2.51. The lowest BCUT2D eigenvalue weighted by molar-refractivity contribution is -0.122. The molecule has 42 heavy (non-hydrogen) atoms. The third-order valence-electron chi connectivity index (χ3n) is 6.99. The third kappa shape index (κ3) is 18.8. The van der Waals surface area contributed by atoms with E-state index in [0.29, 0.717) is 25.2 Å². The van der Waals surface area contributed by atoms with E-state index in [0.717, 1.165) is 43.4 Å². The van der Waals surface area contributed by atoms with Crippen molar-refractivity contribution in [2.75, 3.05) is 6.61 Å². The molecular weight excluding hydrogens is 551 g/mol. The molecule has 0 saturated carbocycles. The summed E-state index contributed by atoms with van der Waals surface area (Å²) in [7, 11) is -4.65. The van der Waals surface area contributed by atoms with Gasteiger partial charge in [-0.25, -0.2) is 4.57 Å². The highest BCUT2D eigenvalue weighted by molar-refractivity contribution is 7.46. The van der Waals surface area contributed by atoms with E-state index in [-0.39, 0.29) is 12.5 Å². The fourth-order valence-corrected chi connectivity index (χ4v) is 5.02. The van der Waals surface area contributed by atoms with E-state index in [1.54, 1.807) is 6.20 Å². The Labute approximate surface area is 252 Å². The van der Waals surface area contributed by atoms with Crippen LogP contribution in [0.15, 0.2) is 60.8 Å². The van der Waals surface area contributed by atoms with E-state index in [2.05, 4.69) is 29.4 Å². The third-order valence-corrected chi connectivity index (χ3v) is 7.48. The summed E-state index contributed by atoms with van der Waals surface area (Å²) in [6.45, 7) is 2.32. The fourth-order valence-electron chi connectivity index (χ4n) is 4.64. The smallest absolute Gasteiger partial charge is 0.469 e. The summed E-state index contributed by atoms with van der Waals surface area (Å²) in [5, 5.41) is 2.89. The molecular formula is C33H51N2O6P. The van der Waals surface area contributed by atoms with Crippen LogP contribution in [0.2, 0.25) is 0 Å². The number of benzene rings is 1. The predicted octanol–water partition coefficient (Wildman–Crippen LogP) is 7.83. The Morgan fingerprint density at radius 1 is 0.905 bits per heavy atom. The van der Waals surface area contributed by atoms with Crippen LogP contribution in [0.5, 0.6) is 5.75 Å². The number of pyridine rings is 1. The Morgan fingerprint density at radius 2 is 1.55 bits per heavy atom. The van der Waals surface area contributed by atoms with Gasteiger partial charge in [-0.3, -0.25) is 14.3 Å². The van der Waals surface area contributed by atoms with E-state index in [1.807, 2.05) is 42.5 Å². The number of hydrogen-bond acceptors (Lipinski definition) is 5. The molecule has 1 aromatic carbocycles. The summed E-state index contributed by atoms with van der Waals surface area (Å²) >= 11 is 0. The highest BCUT2D eigenvalue weighted by atomic mass is 31.2. The molecule has 0 radical (unpaired) electrons. The minimum Gasteiger partial charge on any atom is -0.487 e. The normalized spacial score (nSPS) is 12.5. The molecule has 8 nitrogen and oxygen atoms in total. The van der Waals surface area contributed by atoms with Crippen LogP contribution in [-0.4, -0.2) is 33.3 Å². The van der Waals surface area contributed by atoms with Crippen LogP contribution in [0, 0.1) is 0 Å². The highest BCUT2D eigenvalue weighted by Crippen LogP contribution is 2.35.